The number of aliphatic hydroxyl groups excluding tert-OH is 10. The van der Waals surface area contributed by atoms with Crippen molar-refractivity contribution < 1.29 is 165 Å². The molecule has 34 nitrogen and oxygen atoms in total. The van der Waals surface area contributed by atoms with E-state index in [1.165, 1.54) is 54.8 Å². The maximum Gasteiger partial charge on any atom is 0.337 e. The van der Waals surface area contributed by atoms with Gasteiger partial charge in [-0.05, 0) is 129 Å². The second-order valence-corrected chi connectivity index (χ2v) is 37.2. The molecular weight excluding hydrogens is 1700 g/mol. The van der Waals surface area contributed by atoms with E-state index < -0.39 is 220 Å². The number of cyclic esters (lactones) is 2. The number of hydrogen-bond donors (Lipinski definition) is 10. The van der Waals surface area contributed by atoms with Gasteiger partial charge in [0.2, 0.25) is 0 Å². The Bertz CT molecular complexity index is 3230. The van der Waals surface area contributed by atoms with Crippen molar-refractivity contribution in [3.8, 4) is 0 Å². The zero-order valence-corrected chi connectivity index (χ0v) is 80.0. The molecule has 38 unspecified atom stereocenters. The first-order valence-electron chi connectivity index (χ1n) is 46.9. The third-order valence-corrected chi connectivity index (χ3v) is 27.1. The van der Waals surface area contributed by atoms with Gasteiger partial charge >= 0.3 is 23.9 Å². The van der Waals surface area contributed by atoms with Gasteiger partial charge in [-0.2, -0.15) is 0 Å². The van der Waals surface area contributed by atoms with Crippen LogP contribution < -0.4 is 0 Å². The van der Waals surface area contributed by atoms with E-state index in [0.29, 0.717) is 75.4 Å². The first-order valence-corrected chi connectivity index (χ1v) is 46.9. The molecule has 4 bridgehead atoms. The van der Waals surface area contributed by atoms with Gasteiger partial charge in [-0.1, -0.05) is 101 Å². The van der Waals surface area contributed by atoms with Crippen molar-refractivity contribution in [3.05, 3.63) is 71.9 Å². The average molecular weight is 1860 g/mol. The lowest BCUT2D eigenvalue weighted by Gasteiger charge is -2.42. The third-order valence-electron chi connectivity index (χ3n) is 27.1. The summed E-state index contributed by atoms with van der Waals surface area (Å²) in [7, 11) is 12.1. The Morgan fingerprint density at radius 1 is 0.431 bits per heavy atom. The van der Waals surface area contributed by atoms with Crippen LogP contribution >= 0.6 is 0 Å². The van der Waals surface area contributed by atoms with Gasteiger partial charge in [-0.15, -0.1) is 0 Å². The van der Waals surface area contributed by atoms with Crippen LogP contribution in [0.15, 0.2) is 71.9 Å². The highest BCUT2D eigenvalue weighted by Gasteiger charge is 2.49. The summed E-state index contributed by atoms with van der Waals surface area (Å²) in [6.07, 6.45) is -1.78. The molecule has 0 aromatic carbocycles. The van der Waals surface area contributed by atoms with E-state index in [4.69, 9.17) is 94.7 Å². The number of hydrogen-bond acceptors (Lipinski definition) is 34. The van der Waals surface area contributed by atoms with Gasteiger partial charge in [0.05, 0.1) is 149 Å². The van der Waals surface area contributed by atoms with Crippen LogP contribution in [0.25, 0.3) is 0 Å². The minimum atomic E-state index is -1.82. The van der Waals surface area contributed by atoms with E-state index in [-0.39, 0.29) is 113 Å². The molecule has 0 saturated carbocycles. The number of ether oxygens (including phenoxy) is 20. The molecule has 0 spiro atoms. The maximum absolute atomic E-state index is 14.4. The zero-order valence-electron chi connectivity index (χ0n) is 80.0. The largest absolute Gasteiger partial charge is 0.459 e. The fraction of sp³-hybridized carbons (Fsp3) is 0.833. The van der Waals surface area contributed by atoms with Crippen LogP contribution in [-0.2, 0) is 114 Å². The van der Waals surface area contributed by atoms with E-state index in [2.05, 4.69) is 0 Å². The summed E-state index contributed by atoms with van der Waals surface area (Å²) in [5.74, 6) is -7.01. The Morgan fingerprint density at radius 3 is 1.14 bits per heavy atom. The highest BCUT2D eigenvalue weighted by atomic mass is 16.7. The number of esters is 4. The molecule has 0 aromatic heterocycles. The van der Waals surface area contributed by atoms with Gasteiger partial charge in [-0.25, -0.2) is 19.2 Å². The molecule has 7 aliphatic rings. The lowest BCUT2D eigenvalue weighted by molar-refractivity contribution is -0.295. The van der Waals surface area contributed by atoms with Crippen LogP contribution in [-0.4, -0.2) is 354 Å². The van der Waals surface area contributed by atoms with Crippen LogP contribution in [0.4, 0.5) is 0 Å². The minimum absolute atomic E-state index is 0.0107. The van der Waals surface area contributed by atoms with Gasteiger partial charge in [0.25, 0.3) is 0 Å². The molecule has 130 heavy (non-hydrogen) atoms. The Hall–Kier alpha value is -4.72. The molecule has 10 N–H and O–H groups in total. The van der Waals surface area contributed by atoms with Crippen molar-refractivity contribution >= 4 is 23.9 Å². The highest BCUT2D eigenvalue weighted by molar-refractivity contribution is 5.83. The monoisotopic (exact) mass is 1860 g/mol. The molecule has 7 rings (SSSR count). The average Bonchev–Trinajstić information content (AvgIpc) is 0.809. The summed E-state index contributed by atoms with van der Waals surface area (Å²) in [5, 5.41) is 112. The molecule has 0 amide bonds. The Labute approximate surface area is 769 Å². The maximum atomic E-state index is 14.4. The smallest absolute Gasteiger partial charge is 0.337 e. The quantitative estimate of drug-likeness (QED) is 0.0197. The van der Waals surface area contributed by atoms with Gasteiger partial charge in [0, 0.05) is 131 Å². The number of rotatable bonds is 30. The summed E-state index contributed by atoms with van der Waals surface area (Å²) in [4.78, 5) is 54.3. The fourth-order valence-electron chi connectivity index (χ4n) is 18.9. The molecule has 34 heteroatoms. The van der Waals surface area contributed by atoms with Crippen LogP contribution in [0.2, 0.25) is 0 Å². The van der Waals surface area contributed by atoms with Crippen molar-refractivity contribution in [2.75, 3.05) is 83.3 Å². The zero-order chi connectivity index (χ0) is 95.6. The van der Waals surface area contributed by atoms with Crippen LogP contribution in [0.3, 0.4) is 0 Å². The standard InChI is InChI=1S/C96H160O34/c1-53-25-31-71(125-95-91(117-17)89(115-15)83(51-119-95)129-93(109)77(103)49-97)43-65-21-19-23-67(123-65)47-79(113-13)60(8)76(102)40-64(100)42-82(62(10)88(108)56(4)30-34-70-46-74(112-12)38-58(6)122-70)128-86(106)36-28-54(2)26-32-72(126-96-92(118-18)90(116-16)84(52-120-96)130-94(110)78(104)50-98)44-66-22-20-24-68(124-66)48-80(114-14)59(7)75(101)39-63(99)41-81(127-85(105)35-27-53)61(9)87(107)55(3)29-33-69-45-73(111-11)37-57(5)121-69/h19-22,25-28,35-36,55-84,87-92,95-104,107-108H,23-24,29-34,37-52H2,1-18H3. The van der Waals surface area contributed by atoms with E-state index >= 15 is 0 Å². The van der Waals surface area contributed by atoms with Crippen molar-refractivity contribution in [1.82, 2.24) is 0 Å². The Balaban J connectivity index is 1.22. The number of fused-ring (bicyclic) bond motifs is 4. The second kappa shape index (κ2) is 57.5. The van der Waals surface area contributed by atoms with Gasteiger partial charge < -0.3 is 146 Å². The van der Waals surface area contributed by atoms with Crippen molar-refractivity contribution in [1.29, 1.82) is 0 Å². The molecule has 748 valence electrons. The SMILES string of the molecule is COC1CC(C)OC(CCC(C)C(O)C(C)C2CC(O)CC(O)C(C)C(OC)CC3CC=CC(CC(OC4OCC(OC(=O)C(O)CO)C(OC)C4OC)CC=C(C)C=CC(=O)OC(C(C)C(O)C(C)CCC4CC(OC)CC(C)O4)CC(O)CC(O)C(C)C(OC)CC4CC=CC(CC(OC5OCC(OC(=O)C(O)CO)C(OC)C5OC)CC=C(C)C=CC(=O)O2)O4)O3)C1. The summed E-state index contributed by atoms with van der Waals surface area (Å²) in [5.41, 5.74) is 1.21. The van der Waals surface area contributed by atoms with Crippen molar-refractivity contribution in [2.24, 2.45) is 35.5 Å². The van der Waals surface area contributed by atoms with Crippen molar-refractivity contribution in [3.63, 3.8) is 0 Å². The number of aliphatic hydroxyl groups is 10. The minimum Gasteiger partial charge on any atom is -0.459 e. The Kier molecular flexibility index (Phi) is 49.6. The number of carbonyl (C=O) groups is 4. The van der Waals surface area contributed by atoms with Crippen molar-refractivity contribution in [2.45, 2.75) is 393 Å². The lowest BCUT2D eigenvalue weighted by atomic mass is 9.83. The van der Waals surface area contributed by atoms with E-state index in [1.54, 1.807) is 54.1 Å². The Morgan fingerprint density at radius 2 is 0.800 bits per heavy atom. The molecule has 38 atom stereocenters. The molecule has 4 fully saturated rings. The second-order valence-electron chi connectivity index (χ2n) is 37.2. The molecule has 7 aliphatic heterocycles. The molecule has 0 aromatic rings. The first-order chi connectivity index (χ1) is 62.0. The van der Waals surface area contributed by atoms with E-state index in [1.807, 2.05) is 78.0 Å². The van der Waals surface area contributed by atoms with E-state index in [0.717, 1.165) is 12.8 Å². The summed E-state index contributed by atoms with van der Waals surface area (Å²) in [6.45, 7) is 16.4. The van der Waals surface area contributed by atoms with Crippen LogP contribution in [0.5, 0.6) is 0 Å². The van der Waals surface area contributed by atoms with Gasteiger partial charge in [-0.3, -0.25) is 0 Å². The predicted molar refractivity (Wildman–Crippen MR) is 475 cm³/mol. The molecule has 0 aliphatic carbocycles. The highest BCUT2D eigenvalue weighted by Crippen LogP contribution is 2.38. The normalized spacial score (nSPS) is 37.8. The summed E-state index contributed by atoms with van der Waals surface area (Å²) in [6, 6.07) is 0. The molecule has 7 heterocycles. The third kappa shape index (κ3) is 35.7. The van der Waals surface area contributed by atoms with Gasteiger partial charge in [0.15, 0.2) is 37.0 Å². The number of methoxy groups -OCH3 is 8. The lowest BCUT2D eigenvalue weighted by Crippen LogP contribution is -2.58. The topological polar surface area (TPSA) is 455 Å². The molecular formula is C96H160O34. The van der Waals surface area contributed by atoms with E-state index in [9.17, 15) is 70.2 Å². The van der Waals surface area contributed by atoms with Crippen LogP contribution in [0.1, 0.15) is 198 Å². The molecule has 0 radical (unpaired) electrons. The molecule has 4 saturated heterocycles. The predicted octanol–water partition coefficient (Wildman–Crippen LogP) is 6.97. The summed E-state index contributed by atoms with van der Waals surface area (Å²) >= 11 is 0. The summed E-state index contributed by atoms with van der Waals surface area (Å²) < 4.78 is 123. The van der Waals surface area contributed by atoms with Crippen LogP contribution in [0, 0.1) is 35.5 Å². The first kappa shape index (κ1) is 112. The number of allylic oxidation sites excluding steroid dienone is 4. The number of carbonyl (C=O) groups excluding carboxylic acids is 4. The fourth-order valence-corrected chi connectivity index (χ4v) is 18.9. The van der Waals surface area contributed by atoms with Gasteiger partial charge in [0.1, 0.15) is 36.6 Å².